The molecule has 2 heterocycles. The number of amides is 1. The van der Waals surface area contributed by atoms with Gasteiger partial charge < -0.3 is 10.0 Å². The Hall–Kier alpha value is -3.41. The van der Waals surface area contributed by atoms with E-state index >= 15 is 0 Å². The first kappa shape index (κ1) is 18.0. The van der Waals surface area contributed by atoms with Crippen LogP contribution < -0.4 is 0 Å². The summed E-state index contributed by atoms with van der Waals surface area (Å²) in [6, 6.07) is 18.5. The highest BCUT2D eigenvalue weighted by Gasteiger charge is 2.43. The van der Waals surface area contributed by atoms with E-state index in [0.717, 1.165) is 11.3 Å². The van der Waals surface area contributed by atoms with E-state index in [1.807, 2.05) is 54.7 Å². The van der Waals surface area contributed by atoms with Gasteiger partial charge >= 0.3 is 5.97 Å². The van der Waals surface area contributed by atoms with Crippen molar-refractivity contribution in [2.24, 2.45) is 0 Å². The summed E-state index contributed by atoms with van der Waals surface area (Å²) in [5, 5.41) is 14.1. The maximum Gasteiger partial charge on any atom is 0.314 e. The first-order valence-electron chi connectivity index (χ1n) is 9.28. The number of likely N-dealkylation sites (tertiary alicyclic amines) is 1. The zero-order valence-electron chi connectivity index (χ0n) is 15.4. The third kappa shape index (κ3) is 3.17. The first-order chi connectivity index (χ1) is 13.6. The quantitative estimate of drug-likeness (QED) is 0.760. The molecule has 1 aliphatic rings. The van der Waals surface area contributed by atoms with Gasteiger partial charge in [-0.1, -0.05) is 30.3 Å². The number of hydrogen-bond acceptors (Lipinski definition) is 3. The number of aromatic nitrogens is 2. The van der Waals surface area contributed by atoms with Crippen LogP contribution in [0.2, 0.25) is 0 Å². The Balaban J connectivity index is 1.48. The molecule has 3 aromatic rings. The highest BCUT2D eigenvalue weighted by Crippen LogP contribution is 2.36. The van der Waals surface area contributed by atoms with Gasteiger partial charge in [0, 0.05) is 31.0 Å². The van der Waals surface area contributed by atoms with E-state index in [1.54, 1.807) is 27.9 Å². The molecule has 1 saturated heterocycles. The molecule has 0 saturated carbocycles. The van der Waals surface area contributed by atoms with Crippen LogP contribution in [0.4, 0.5) is 0 Å². The molecule has 1 aliphatic heterocycles. The summed E-state index contributed by atoms with van der Waals surface area (Å²) < 4.78 is 1.73. The lowest BCUT2D eigenvalue weighted by atomic mass is 9.73. The van der Waals surface area contributed by atoms with E-state index in [1.165, 1.54) is 0 Å². The average molecular weight is 375 g/mol. The molecule has 0 aliphatic carbocycles. The van der Waals surface area contributed by atoms with Gasteiger partial charge in [0.15, 0.2) is 0 Å². The largest absolute Gasteiger partial charge is 0.481 e. The van der Waals surface area contributed by atoms with E-state index in [4.69, 9.17) is 0 Å². The van der Waals surface area contributed by atoms with Crippen LogP contribution in [-0.2, 0) is 10.2 Å². The number of rotatable bonds is 4. The average Bonchev–Trinajstić information content (AvgIpc) is 3.29. The molecule has 4 rings (SSSR count). The summed E-state index contributed by atoms with van der Waals surface area (Å²) >= 11 is 0. The Labute approximate surface area is 163 Å². The SMILES string of the molecule is O=C(c1ccc(-n2cccn2)cc1)N1CCC(C(=O)O)(c2ccccc2)CC1. The van der Waals surface area contributed by atoms with Crippen LogP contribution in [0.25, 0.3) is 5.69 Å². The highest BCUT2D eigenvalue weighted by atomic mass is 16.4. The molecule has 0 atom stereocenters. The van der Waals surface area contributed by atoms with Gasteiger partial charge in [0.05, 0.1) is 11.1 Å². The Morgan fingerprint density at radius 1 is 0.929 bits per heavy atom. The molecule has 6 heteroatoms. The second-order valence-electron chi connectivity index (χ2n) is 7.04. The Morgan fingerprint density at radius 3 is 2.18 bits per heavy atom. The van der Waals surface area contributed by atoms with E-state index in [-0.39, 0.29) is 5.91 Å². The number of carboxylic acids is 1. The summed E-state index contributed by atoms with van der Waals surface area (Å²) in [6.07, 6.45) is 4.36. The van der Waals surface area contributed by atoms with Gasteiger partial charge in [0.1, 0.15) is 0 Å². The molecule has 6 nitrogen and oxygen atoms in total. The van der Waals surface area contributed by atoms with E-state index in [9.17, 15) is 14.7 Å². The van der Waals surface area contributed by atoms with Crippen molar-refractivity contribution in [1.29, 1.82) is 0 Å². The fraction of sp³-hybridized carbons (Fsp3) is 0.227. The maximum absolute atomic E-state index is 12.9. The van der Waals surface area contributed by atoms with Gasteiger partial charge in [0.25, 0.3) is 5.91 Å². The minimum absolute atomic E-state index is 0.0703. The number of piperidine rings is 1. The molecule has 142 valence electrons. The predicted octanol–water partition coefficient (Wildman–Crippen LogP) is 3.13. The summed E-state index contributed by atoms with van der Waals surface area (Å²) in [4.78, 5) is 26.7. The minimum Gasteiger partial charge on any atom is -0.481 e. The van der Waals surface area contributed by atoms with Crippen molar-refractivity contribution in [3.8, 4) is 5.69 Å². The third-order valence-corrected chi connectivity index (χ3v) is 5.52. The third-order valence-electron chi connectivity index (χ3n) is 5.52. The molecule has 28 heavy (non-hydrogen) atoms. The zero-order chi connectivity index (χ0) is 19.6. The van der Waals surface area contributed by atoms with Crippen molar-refractivity contribution in [3.63, 3.8) is 0 Å². The molecule has 1 aromatic heterocycles. The van der Waals surface area contributed by atoms with Crippen LogP contribution in [0, 0.1) is 0 Å². The van der Waals surface area contributed by atoms with Gasteiger partial charge in [0.2, 0.25) is 0 Å². The summed E-state index contributed by atoms with van der Waals surface area (Å²) in [6.45, 7) is 0.835. The number of carbonyl (C=O) groups excluding carboxylic acids is 1. The topological polar surface area (TPSA) is 75.4 Å². The van der Waals surface area contributed by atoms with E-state index < -0.39 is 11.4 Å². The molecule has 1 fully saturated rings. The number of hydrogen-bond donors (Lipinski definition) is 1. The highest BCUT2D eigenvalue weighted by molar-refractivity contribution is 5.94. The van der Waals surface area contributed by atoms with Gasteiger partial charge in [-0.25, -0.2) is 4.68 Å². The number of nitrogens with zero attached hydrogens (tertiary/aromatic N) is 3. The Kier molecular flexibility index (Phi) is 4.69. The second-order valence-corrected chi connectivity index (χ2v) is 7.04. The van der Waals surface area contributed by atoms with Crippen LogP contribution in [0.15, 0.2) is 73.1 Å². The normalized spacial score (nSPS) is 15.9. The first-order valence-corrected chi connectivity index (χ1v) is 9.28. The fourth-order valence-corrected chi connectivity index (χ4v) is 3.84. The molecule has 0 bridgehead atoms. The Bertz CT molecular complexity index is 958. The van der Waals surface area contributed by atoms with Crippen molar-refractivity contribution < 1.29 is 14.7 Å². The lowest BCUT2D eigenvalue weighted by Gasteiger charge is -2.39. The number of carbonyl (C=O) groups is 2. The summed E-state index contributed by atoms with van der Waals surface area (Å²) in [5.41, 5.74) is 1.35. The smallest absolute Gasteiger partial charge is 0.314 e. The molecule has 0 spiro atoms. The summed E-state index contributed by atoms with van der Waals surface area (Å²) in [7, 11) is 0. The summed E-state index contributed by atoms with van der Waals surface area (Å²) in [5.74, 6) is -0.895. The van der Waals surface area contributed by atoms with Crippen LogP contribution in [-0.4, -0.2) is 44.8 Å². The second kappa shape index (κ2) is 7.31. The molecular weight excluding hydrogens is 354 g/mol. The standard InChI is InChI=1S/C22H21N3O3/c26-20(17-7-9-19(10-8-17)25-14-4-13-23-25)24-15-11-22(12-16-24,21(27)28)18-5-2-1-3-6-18/h1-10,13-14H,11-12,15-16H2,(H,27,28). The maximum atomic E-state index is 12.9. The van der Waals surface area contributed by atoms with Crippen LogP contribution in [0.5, 0.6) is 0 Å². The Morgan fingerprint density at radius 2 is 1.61 bits per heavy atom. The van der Waals surface area contributed by atoms with Gasteiger partial charge in [-0.3, -0.25) is 9.59 Å². The fourth-order valence-electron chi connectivity index (χ4n) is 3.84. The van der Waals surface area contributed by atoms with E-state index in [2.05, 4.69) is 5.10 Å². The van der Waals surface area contributed by atoms with Crippen molar-refractivity contribution >= 4 is 11.9 Å². The van der Waals surface area contributed by atoms with Crippen molar-refractivity contribution in [3.05, 3.63) is 84.2 Å². The minimum atomic E-state index is -0.929. The molecule has 1 amide bonds. The zero-order valence-corrected chi connectivity index (χ0v) is 15.4. The van der Waals surface area contributed by atoms with E-state index in [0.29, 0.717) is 31.5 Å². The van der Waals surface area contributed by atoms with Crippen LogP contribution in [0.1, 0.15) is 28.8 Å². The molecule has 1 N–H and O–H groups in total. The molecule has 0 radical (unpaired) electrons. The van der Waals surface area contributed by atoms with Gasteiger partial charge in [-0.05, 0) is 48.7 Å². The van der Waals surface area contributed by atoms with Gasteiger partial charge in [-0.15, -0.1) is 0 Å². The van der Waals surface area contributed by atoms with Crippen LogP contribution in [0.3, 0.4) is 0 Å². The number of aliphatic carboxylic acids is 1. The number of benzene rings is 2. The van der Waals surface area contributed by atoms with Crippen LogP contribution >= 0.6 is 0 Å². The van der Waals surface area contributed by atoms with Gasteiger partial charge in [-0.2, -0.15) is 5.10 Å². The molecular formula is C22H21N3O3. The monoisotopic (exact) mass is 375 g/mol. The van der Waals surface area contributed by atoms with Crippen molar-refractivity contribution in [2.45, 2.75) is 18.3 Å². The lowest BCUT2D eigenvalue weighted by molar-refractivity contribution is -0.145. The van der Waals surface area contributed by atoms with Crippen molar-refractivity contribution in [2.75, 3.05) is 13.1 Å². The number of carboxylic acid groups (broad SMARTS) is 1. The molecule has 0 unspecified atom stereocenters. The van der Waals surface area contributed by atoms with Crippen molar-refractivity contribution in [1.82, 2.24) is 14.7 Å². The lowest BCUT2D eigenvalue weighted by Crippen LogP contribution is -2.49. The predicted molar refractivity (Wildman–Crippen MR) is 104 cm³/mol. The molecule has 2 aromatic carbocycles.